The van der Waals surface area contributed by atoms with Crippen molar-refractivity contribution >= 4 is 23.2 Å². The third-order valence-corrected chi connectivity index (χ3v) is 3.50. The Kier molecular flexibility index (Phi) is 3.04. The second kappa shape index (κ2) is 4.22. The minimum atomic E-state index is 0.000532. The number of likely N-dealkylation sites (tertiary alicyclic amines) is 1. The zero-order valence-electron chi connectivity index (χ0n) is 10.2. The molecule has 1 saturated heterocycles. The van der Waals surface area contributed by atoms with Crippen LogP contribution in [0, 0.1) is 5.41 Å². The smallest absolute Gasteiger partial charge is 0.255 e. The highest BCUT2D eigenvalue weighted by Crippen LogP contribution is 2.31. The van der Waals surface area contributed by atoms with Gasteiger partial charge in [0.1, 0.15) is 0 Å². The van der Waals surface area contributed by atoms with Gasteiger partial charge < -0.3 is 10.6 Å². The number of amides is 1. The number of anilines is 1. The zero-order valence-corrected chi connectivity index (χ0v) is 10.9. The molecule has 1 aromatic rings. The molecule has 1 aromatic carbocycles. The van der Waals surface area contributed by atoms with Gasteiger partial charge in [-0.25, -0.2) is 0 Å². The van der Waals surface area contributed by atoms with E-state index in [-0.39, 0.29) is 11.3 Å². The average Bonchev–Trinajstić information content (AvgIpc) is 2.58. The van der Waals surface area contributed by atoms with Crippen molar-refractivity contribution in [1.29, 1.82) is 0 Å². The molecule has 1 fully saturated rings. The minimum Gasteiger partial charge on any atom is -0.399 e. The number of nitrogens with two attached hydrogens (primary N) is 1. The molecule has 3 nitrogen and oxygen atoms in total. The minimum absolute atomic E-state index is 0.000532. The summed E-state index contributed by atoms with van der Waals surface area (Å²) < 4.78 is 0. The Morgan fingerprint density at radius 3 is 2.71 bits per heavy atom. The van der Waals surface area contributed by atoms with Crippen molar-refractivity contribution in [1.82, 2.24) is 4.90 Å². The highest BCUT2D eigenvalue weighted by Gasteiger charge is 2.32. The summed E-state index contributed by atoms with van der Waals surface area (Å²) in [6.45, 7) is 5.93. The topological polar surface area (TPSA) is 46.3 Å². The van der Waals surface area contributed by atoms with Crippen molar-refractivity contribution in [3.8, 4) is 0 Å². The molecule has 0 aliphatic carbocycles. The predicted molar refractivity (Wildman–Crippen MR) is 70.2 cm³/mol. The highest BCUT2D eigenvalue weighted by molar-refractivity contribution is 6.34. The lowest BCUT2D eigenvalue weighted by molar-refractivity contribution is 0.0778. The van der Waals surface area contributed by atoms with Crippen LogP contribution in [0.1, 0.15) is 30.6 Å². The summed E-state index contributed by atoms with van der Waals surface area (Å²) in [4.78, 5) is 14.1. The lowest BCUT2D eigenvalue weighted by Gasteiger charge is -2.20. The first-order valence-electron chi connectivity index (χ1n) is 5.73. The van der Waals surface area contributed by atoms with Crippen molar-refractivity contribution < 1.29 is 4.79 Å². The molecule has 0 bridgehead atoms. The van der Waals surface area contributed by atoms with Crippen molar-refractivity contribution in [2.24, 2.45) is 5.41 Å². The summed E-state index contributed by atoms with van der Waals surface area (Å²) in [5, 5.41) is 0.430. The Bertz CT molecular complexity index is 457. The molecule has 1 heterocycles. The number of rotatable bonds is 1. The van der Waals surface area contributed by atoms with Gasteiger partial charge in [0.05, 0.1) is 10.6 Å². The van der Waals surface area contributed by atoms with Crippen LogP contribution in [0.25, 0.3) is 0 Å². The average molecular weight is 253 g/mol. The van der Waals surface area contributed by atoms with Crippen molar-refractivity contribution in [2.45, 2.75) is 20.3 Å². The van der Waals surface area contributed by atoms with Crippen molar-refractivity contribution in [2.75, 3.05) is 18.8 Å². The molecule has 0 atom stereocenters. The van der Waals surface area contributed by atoms with Crippen LogP contribution < -0.4 is 5.73 Å². The van der Waals surface area contributed by atoms with Gasteiger partial charge in [0, 0.05) is 18.8 Å². The first kappa shape index (κ1) is 12.2. The Hall–Kier alpha value is -1.22. The molecule has 2 N–H and O–H groups in total. The Balaban J connectivity index is 2.21. The van der Waals surface area contributed by atoms with Gasteiger partial charge in [0.25, 0.3) is 5.91 Å². The maximum atomic E-state index is 12.3. The molecular weight excluding hydrogens is 236 g/mol. The molecule has 0 aromatic heterocycles. The zero-order chi connectivity index (χ0) is 12.6. The van der Waals surface area contributed by atoms with Gasteiger partial charge in [0.2, 0.25) is 0 Å². The van der Waals surface area contributed by atoms with Gasteiger partial charge in [-0.05, 0) is 30.0 Å². The van der Waals surface area contributed by atoms with Gasteiger partial charge in [-0.15, -0.1) is 0 Å². The Labute approximate surface area is 107 Å². The van der Waals surface area contributed by atoms with E-state index in [1.807, 2.05) is 4.90 Å². The van der Waals surface area contributed by atoms with E-state index in [1.165, 1.54) is 0 Å². The first-order valence-corrected chi connectivity index (χ1v) is 6.11. The highest BCUT2D eigenvalue weighted by atomic mass is 35.5. The fourth-order valence-corrected chi connectivity index (χ4v) is 2.43. The first-order chi connectivity index (χ1) is 7.89. The van der Waals surface area contributed by atoms with E-state index in [2.05, 4.69) is 13.8 Å². The number of hydrogen-bond acceptors (Lipinski definition) is 2. The molecule has 0 saturated carbocycles. The number of nitrogens with zero attached hydrogens (tertiary/aromatic N) is 1. The van der Waals surface area contributed by atoms with Crippen LogP contribution in [0.5, 0.6) is 0 Å². The van der Waals surface area contributed by atoms with Crippen LogP contribution in [0.2, 0.25) is 5.02 Å². The summed E-state index contributed by atoms with van der Waals surface area (Å²) in [5.41, 5.74) is 6.94. The lowest BCUT2D eigenvalue weighted by atomic mass is 9.93. The van der Waals surface area contributed by atoms with E-state index < -0.39 is 0 Å². The van der Waals surface area contributed by atoms with Crippen LogP contribution in [0.4, 0.5) is 5.69 Å². The molecule has 17 heavy (non-hydrogen) atoms. The van der Waals surface area contributed by atoms with Crippen LogP contribution in [0.3, 0.4) is 0 Å². The molecule has 2 rings (SSSR count). The third kappa shape index (κ3) is 2.55. The third-order valence-electron chi connectivity index (χ3n) is 3.19. The normalized spacial score (nSPS) is 18.4. The number of benzene rings is 1. The van der Waals surface area contributed by atoms with Gasteiger partial charge in [-0.1, -0.05) is 25.4 Å². The number of halogens is 1. The number of hydrogen-bond donors (Lipinski definition) is 1. The second-order valence-electron chi connectivity index (χ2n) is 5.38. The number of carbonyl (C=O) groups excluding carboxylic acids is 1. The monoisotopic (exact) mass is 252 g/mol. The molecule has 1 amide bonds. The maximum Gasteiger partial charge on any atom is 0.255 e. The largest absolute Gasteiger partial charge is 0.399 e. The number of nitrogen functional groups attached to an aromatic ring is 1. The summed E-state index contributed by atoms with van der Waals surface area (Å²) in [6, 6.07) is 5.03. The van der Waals surface area contributed by atoms with E-state index in [1.54, 1.807) is 18.2 Å². The molecule has 4 heteroatoms. The summed E-state index contributed by atoms with van der Waals surface area (Å²) in [5.74, 6) is 0.000532. The molecule has 1 aliphatic heterocycles. The number of carbonyl (C=O) groups is 1. The molecule has 0 spiro atoms. The predicted octanol–water partition coefficient (Wildman–Crippen LogP) is 2.79. The van der Waals surface area contributed by atoms with Gasteiger partial charge in [-0.2, -0.15) is 0 Å². The molecule has 92 valence electrons. The quantitative estimate of drug-likeness (QED) is 0.782. The molecule has 1 aliphatic rings. The second-order valence-corrected chi connectivity index (χ2v) is 5.79. The summed E-state index contributed by atoms with van der Waals surface area (Å²) in [6.07, 6.45) is 1.03. The Morgan fingerprint density at radius 1 is 1.47 bits per heavy atom. The van der Waals surface area contributed by atoms with E-state index in [0.29, 0.717) is 16.3 Å². The summed E-state index contributed by atoms with van der Waals surface area (Å²) >= 11 is 6.05. The van der Waals surface area contributed by atoms with Gasteiger partial charge >= 0.3 is 0 Å². The van der Waals surface area contributed by atoms with E-state index >= 15 is 0 Å². The van der Waals surface area contributed by atoms with E-state index in [9.17, 15) is 4.79 Å². The van der Waals surface area contributed by atoms with Crippen molar-refractivity contribution in [3.05, 3.63) is 28.8 Å². The van der Waals surface area contributed by atoms with Gasteiger partial charge in [0.15, 0.2) is 0 Å². The van der Waals surface area contributed by atoms with Crippen LogP contribution in [-0.4, -0.2) is 23.9 Å². The summed E-state index contributed by atoms with van der Waals surface area (Å²) in [7, 11) is 0. The SMILES string of the molecule is CC1(C)CCN(C(=O)c2ccc(N)cc2Cl)C1. The molecule has 0 unspecified atom stereocenters. The van der Waals surface area contributed by atoms with Crippen molar-refractivity contribution in [3.63, 3.8) is 0 Å². The van der Waals surface area contributed by atoms with Gasteiger partial charge in [-0.3, -0.25) is 4.79 Å². The van der Waals surface area contributed by atoms with Crippen LogP contribution >= 0.6 is 11.6 Å². The fourth-order valence-electron chi connectivity index (χ4n) is 2.16. The Morgan fingerprint density at radius 2 is 2.18 bits per heavy atom. The van der Waals surface area contributed by atoms with Crippen LogP contribution in [-0.2, 0) is 0 Å². The van der Waals surface area contributed by atoms with Crippen LogP contribution in [0.15, 0.2) is 18.2 Å². The maximum absolute atomic E-state index is 12.3. The standard InChI is InChI=1S/C13H17ClN2O/c1-13(2)5-6-16(8-13)12(17)10-4-3-9(15)7-11(10)14/h3-4,7H,5-6,8,15H2,1-2H3. The fraction of sp³-hybridized carbons (Fsp3) is 0.462. The molecular formula is C13H17ClN2O. The van der Waals surface area contributed by atoms with E-state index in [4.69, 9.17) is 17.3 Å². The van der Waals surface area contributed by atoms with E-state index in [0.717, 1.165) is 19.5 Å². The molecule has 0 radical (unpaired) electrons. The lowest BCUT2D eigenvalue weighted by Crippen LogP contribution is -2.30.